The van der Waals surface area contributed by atoms with Crippen LogP contribution in [0, 0.1) is 10.1 Å². The van der Waals surface area contributed by atoms with Crippen LogP contribution in [0.3, 0.4) is 0 Å². The van der Waals surface area contributed by atoms with E-state index in [0.29, 0.717) is 14.5 Å². The minimum absolute atomic E-state index is 0.0277. The zero-order valence-electron chi connectivity index (χ0n) is 11.2. The Kier molecular flexibility index (Phi) is 4.13. The number of hydrogen-bond donors (Lipinski definition) is 0. The Morgan fingerprint density at radius 3 is 2.74 bits per heavy atom. The molecule has 120 valence electrons. The third-order valence-corrected chi connectivity index (χ3v) is 7.23. The summed E-state index contributed by atoms with van der Waals surface area (Å²) in [6.45, 7) is 0. The standard InChI is InChI=1S/C9H6N6O4S4/c1-23(18,19)7-4-10-9(21-7)22-8-11-12-13-14(8)5-2-3-6(20-5)15(16)17/h2-4H,1H3. The molecule has 3 aromatic rings. The first-order chi connectivity index (χ1) is 10.8. The van der Waals surface area contributed by atoms with Crippen molar-refractivity contribution in [2.45, 2.75) is 13.7 Å². The minimum atomic E-state index is -3.32. The molecule has 0 bridgehead atoms. The molecule has 0 amide bonds. The molecule has 0 aliphatic heterocycles. The van der Waals surface area contributed by atoms with Gasteiger partial charge in [-0.3, -0.25) is 10.1 Å². The first-order valence-electron chi connectivity index (χ1n) is 5.71. The Bertz CT molecular complexity index is 974. The van der Waals surface area contributed by atoms with Gasteiger partial charge in [-0.05, 0) is 39.6 Å². The van der Waals surface area contributed by atoms with Gasteiger partial charge in [0.1, 0.15) is 9.21 Å². The number of thiazole rings is 1. The van der Waals surface area contributed by atoms with Gasteiger partial charge in [-0.25, -0.2) is 13.4 Å². The molecule has 0 saturated carbocycles. The van der Waals surface area contributed by atoms with Crippen molar-refractivity contribution in [2.24, 2.45) is 0 Å². The molecule has 0 aromatic carbocycles. The summed E-state index contributed by atoms with van der Waals surface area (Å²) in [5.74, 6) is 0. The molecular weight excluding hydrogens is 384 g/mol. The summed E-state index contributed by atoms with van der Waals surface area (Å²) >= 11 is 3.01. The highest BCUT2D eigenvalue weighted by atomic mass is 32.2. The second-order valence-corrected chi connectivity index (χ2v) is 9.59. The Hall–Kier alpha value is -1.90. The van der Waals surface area contributed by atoms with E-state index in [4.69, 9.17) is 0 Å². The van der Waals surface area contributed by atoms with Crippen molar-refractivity contribution in [2.75, 3.05) is 6.26 Å². The van der Waals surface area contributed by atoms with Gasteiger partial charge in [-0.1, -0.05) is 11.3 Å². The second kappa shape index (κ2) is 5.95. The highest BCUT2D eigenvalue weighted by Crippen LogP contribution is 2.34. The molecule has 0 atom stereocenters. The average molecular weight is 390 g/mol. The summed E-state index contributed by atoms with van der Waals surface area (Å²) in [6.07, 6.45) is 2.37. The fraction of sp³-hybridized carbons (Fsp3) is 0.111. The summed E-state index contributed by atoms with van der Waals surface area (Å²) in [7, 11) is -3.32. The van der Waals surface area contributed by atoms with Crippen LogP contribution in [0.25, 0.3) is 5.00 Å². The molecule has 10 nitrogen and oxygen atoms in total. The zero-order valence-corrected chi connectivity index (χ0v) is 14.4. The number of tetrazole rings is 1. The average Bonchev–Trinajstić information content (AvgIpc) is 3.17. The zero-order chi connectivity index (χ0) is 16.6. The molecule has 0 radical (unpaired) electrons. The minimum Gasteiger partial charge on any atom is -0.258 e. The summed E-state index contributed by atoms with van der Waals surface area (Å²) in [5, 5.41) is 22.7. The van der Waals surface area contributed by atoms with Crippen molar-refractivity contribution in [3.63, 3.8) is 0 Å². The van der Waals surface area contributed by atoms with Crippen molar-refractivity contribution in [3.05, 3.63) is 28.4 Å². The predicted molar refractivity (Wildman–Crippen MR) is 83.0 cm³/mol. The van der Waals surface area contributed by atoms with Gasteiger partial charge in [-0.15, -0.1) is 5.10 Å². The molecule has 14 heteroatoms. The molecule has 0 aliphatic rings. The largest absolute Gasteiger partial charge is 0.326 e. The monoisotopic (exact) mass is 390 g/mol. The number of nitro groups is 1. The number of sulfone groups is 1. The van der Waals surface area contributed by atoms with Crippen LogP contribution in [0.2, 0.25) is 0 Å². The first kappa shape index (κ1) is 16.0. The van der Waals surface area contributed by atoms with E-state index < -0.39 is 14.8 Å². The van der Waals surface area contributed by atoms with Gasteiger partial charge in [0.25, 0.3) is 0 Å². The second-order valence-electron chi connectivity index (χ2n) is 4.06. The van der Waals surface area contributed by atoms with Gasteiger partial charge in [0.2, 0.25) is 5.16 Å². The highest BCUT2D eigenvalue weighted by Gasteiger charge is 2.19. The fourth-order valence-electron chi connectivity index (χ4n) is 1.45. The lowest BCUT2D eigenvalue weighted by Gasteiger charge is -1.97. The molecular formula is C9H6N6O4S4. The maximum absolute atomic E-state index is 11.5. The van der Waals surface area contributed by atoms with Crippen molar-refractivity contribution in [1.29, 1.82) is 0 Å². The maximum Gasteiger partial charge on any atom is 0.326 e. The predicted octanol–water partition coefficient (Wildman–Crippen LogP) is 1.64. The van der Waals surface area contributed by atoms with Crippen molar-refractivity contribution in [1.82, 2.24) is 25.2 Å². The molecule has 3 rings (SSSR count). The number of aromatic nitrogens is 5. The lowest BCUT2D eigenvalue weighted by molar-refractivity contribution is -0.380. The van der Waals surface area contributed by atoms with Crippen molar-refractivity contribution >= 4 is 49.3 Å². The van der Waals surface area contributed by atoms with Gasteiger partial charge in [0.05, 0.1) is 11.1 Å². The van der Waals surface area contributed by atoms with Crippen molar-refractivity contribution in [3.8, 4) is 5.00 Å². The third-order valence-electron chi connectivity index (χ3n) is 2.41. The summed E-state index contributed by atoms with van der Waals surface area (Å²) in [5.41, 5.74) is 0. The number of hydrogen-bond acceptors (Lipinski definition) is 11. The normalized spacial score (nSPS) is 11.7. The van der Waals surface area contributed by atoms with E-state index in [2.05, 4.69) is 20.5 Å². The van der Waals surface area contributed by atoms with Crippen LogP contribution in [-0.4, -0.2) is 44.8 Å². The van der Waals surface area contributed by atoms with Crippen LogP contribution in [0.5, 0.6) is 0 Å². The van der Waals surface area contributed by atoms with Gasteiger partial charge < -0.3 is 0 Å². The van der Waals surface area contributed by atoms with E-state index >= 15 is 0 Å². The van der Waals surface area contributed by atoms with Gasteiger partial charge in [-0.2, -0.15) is 4.68 Å². The van der Waals surface area contributed by atoms with E-state index in [9.17, 15) is 18.5 Å². The van der Waals surface area contributed by atoms with E-state index in [1.165, 1.54) is 23.0 Å². The van der Waals surface area contributed by atoms with Crippen LogP contribution in [0.4, 0.5) is 5.00 Å². The SMILES string of the molecule is CS(=O)(=O)c1cnc(Sc2nnnn2-c2ccc([N+](=O)[O-])s2)s1. The smallest absolute Gasteiger partial charge is 0.258 e. The lowest BCUT2D eigenvalue weighted by atomic mass is 10.6. The summed E-state index contributed by atoms with van der Waals surface area (Å²) < 4.78 is 24.8. The van der Waals surface area contributed by atoms with E-state index in [1.807, 2.05) is 0 Å². The van der Waals surface area contributed by atoms with Gasteiger partial charge in [0, 0.05) is 12.3 Å². The van der Waals surface area contributed by atoms with E-state index in [1.54, 1.807) is 0 Å². The Morgan fingerprint density at radius 2 is 2.13 bits per heavy atom. The number of rotatable bonds is 5. The van der Waals surface area contributed by atoms with Crippen LogP contribution >= 0.6 is 34.4 Å². The molecule has 0 aliphatic carbocycles. The van der Waals surface area contributed by atoms with Crippen LogP contribution in [0.15, 0.2) is 32.0 Å². The number of thiophene rings is 1. The molecule has 0 unspecified atom stereocenters. The Labute approximate surface area is 141 Å². The van der Waals surface area contributed by atoms with Crippen molar-refractivity contribution < 1.29 is 13.3 Å². The number of nitrogens with zero attached hydrogens (tertiary/aromatic N) is 6. The first-order valence-corrected chi connectivity index (χ1v) is 10.1. The third kappa shape index (κ3) is 3.39. The molecule has 0 N–H and O–H groups in total. The van der Waals surface area contributed by atoms with Crippen LogP contribution < -0.4 is 0 Å². The topological polar surface area (TPSA) is 134 Å². The van der Waals surface area contributed by atoms with E-state index in [-0.39, 0.29) is 9.21 Å². The van der Waals surface area contributed by atoms with Gasteiger partial charge >= 0.3 is 5.00 Å². The Balaban J connectivity index is 1.89. The van der Waals surface area contributed by atoms with E-state index in [0.717, 1.165) is 40.7 Å². The lowest BCUT2D eigenvalue weighted by Crippen LogP contribution is -1.95. The molecule has 3 heterocycles. The molecule has 0 spiro atoms. The molecule has 0 saturated heterocycles. The Morgan fingerprint density at radius 1 is 1.35 bits per heavy atom. The molecule has 23 heavy (non-hydrogen) atoms. The van der Waals surface area contributed by atoms with Crippen LogP contribution in [0.1, 0.15) is 0 Å². The maximum atomic E-state index is 11.5. The summed E-state index contributed by atoms with van der Waals surface area (Å²) in [4.78, 5) is 14.3. The highest BCUT2D eigenvalue weighted by molar-refractivity contribution is 8.01. The van der Waals surface area contributed by atoms with Gasteiger partial charge in [0.15, 0.2) is 14.2 Å². The molecule has 0 fully saturated rings. The molecule has 3 aromatic heterocycles. The quantitative estimate of drug-likeness (QED) is 0.470. The fourth-order valence-corrected chi connectivity index (χ4v) is 5.13. The summed E-state index contributed by atoms with van der Waals surface area (Å²) in [6, 6.07) is 2.90. The van der Waals surface area contributed by atoms with Crippen LogP contribution in [-0.2, 0) is 9.84 Å².